The number of benzene rings is 2. The van der Waals surface area contributed by atoms with Crippen LogP contribution in [0, 0.1) is 6.92 Å². The van der Waals surface area contributed by atoms with Crippen molar-refractivity contribution in [2.45, 2.75) is 6.92 Å². The molecule has 0 fully saturated rings. The molecule has 0 atom stereocenters. The molecule has 0 heterocycles. The second kappa shape index (κ2) is 5.32. The van der Waals surface area contributed by atoms with Gasteiger partial charge in [0.05, 0.1) is 5.56 Å². The van der Waals surface area contributed by atoms with Crippen LogP contribution in [0.5, 0.6) is 5.75 Å². The van der Waals surface area contributed by atoms with E-state index >= 15 is 0 Å². The van der Waals surface area contributed by atoms with Crippen molar-refractivity contribution in [3.05, 3.63) is 64.7 Å². The molecule has 0 unspecified atom stereocenters. The summed E-state index contributed by atoms with van der Waals surface area (Å²) in [6.07, 6.45) is 4.55. The molecule has 0 aromatic heterocycles. The Morgan fingerprint density at radius 2 is 1.72 bits per heavy atom. The molecule has 0 saturated carbocycles. The Kier molecular flexibility index (Phi) is 3.58. The van der Waals surface area contributed by atoms with Gasteiger partial charge in [0.2, 0.25) is 0 Å². The molecule has 2 rings (SSSR count). The highest BCUT2D eigenvalue weighted by Gasteiger charge is 1.99. The number of rotatable bonds is 3. The van der Waals surface area contributed by atoms with Crippen molar-refractivity contribution in [1.29, 1.82) is 0 Å². The molecule has 0 spiro atoms. The summed E-state index contributed by atoms with van der Waals surface area (Å²) in [6, 6.07) is 13.1. The molecule has 2 aromatic carbocycles. The lowest BCUT2D eigenvalue weighted by atomic mass is 10.1. The van der Waals surface area contributed by atoms with E-state index < -0.39 is 0 Å². The summed E-state index contributed by atoms with van der Waals surface area (Å²) in [5.74, 6) is 0.0118. The van der Waals surface area contributed by atoms with E-state index in [-0.39, 0.29) is 5.75 Å². The van der Waals surface area contributed by atoms with E-state index in [1.54, 1.807) is 12.1 Å². The van der Waals surface area contributed by atoms with E-state index in [1.165, 1.54) is 11.6 Å². The lowest BCUT2D eigenvalue weighted by Gasteiger charge is -1.99. The highest BCUT2D eigenvalue weighted by atomic mass is 16.3. The number of aldehydes is 1. The summed E-state index contributed by atoms with van der Waals surface area (Å²) in [5, 5.41) is 9.40. The summed E-state index contributed by atoms with van der Waals surface area (Å²) in [4.78, 5) is 10.7. The maximum atomic E-state index is 10.7. The smallest absolute Gasteiger partial charge is 0.153 e. The van der Waals surface area contributed by atoms with Crippen LogP contribution in [-0.2, 0) is 0 Å². The van der Waals surface area contributed by atoms with Crippen LogP contribution in [0.2, 0.25) is 0 Å². The van der Waals surface area contributed by atoms with Gasteiger partial charge in [0.1, 0.15) is 5.75 Å². The van der Waals surface area contributed by atoms with Gasteiger partial charge in [-0.2, -0.15) is 0 Å². The summed E-state index contributed by atoms with van der Waals surface area (Å²) in [7, 11) is 0. The van der Waals surface area contributed by atoms with Crippen LogP contribution in [0.1, 0.15) is 27.0 Å². The SMILES string of the molecule is Cc1cccc(/C=C/c2ccc(O)c(C=O)c2)c1. The summed E-state index contributed by atoms with van der Waals surface area (Å²) in [6.45, 7) is 2.04. The van der Waals surface area contributed by atoms with Crippen LogP contribution in [0.3, 0.4) is 0 Å². The van der Waals surface area contributed by atoms with Crippen molar-refractivity contribution in [2.24, 2.45) is 0 Å². The van der Waals surface area contributed by atoms with E-state index in [0.717, 1.165) is 11.1 Å². The maximum absolute atomic E-state index is 10.7. The van der Waals surface area contributed by atoms with Gasteiger partial charge >= 0.3 is 0 Å². The monoisotopic (exact) mass is 238 g/mol. The van der Waals surface area contributed by atoms with E-state index in [2.05, 4.69) is 6.07 Å². The number of carbonyl (C=O) groups is 1. The van der Waals surface area contributed by atoms with Crippen molar-refractivity contribution in [3.8, 4) is 5.75 Å². The molecule has 0 saturated heterocycles. The van der Waals surface area contributed by atoms with E-state index in [0.29, 0.717) is 11.8 Å². The van der Waals surface area contributed by atoms with Crippen molar-refractivity contribution in [1.82, 2.24) is 0 Å². The fourth-order valence-corrected chi connectivity index (χ4v) is 1.74. The van der Waals surface area contributed by atoms with Gasteiger partial charge in [-0.1, -0.05) is 48.0 Å². The van der Waals surface area contributed by atoms with Gasteiger partial charge in [0.15, 0.2) is 6.29 Å². The Bertz CT molecular complexity index is 598. The maximum Gasteiger partial charge on any atom is 0.153 e. The van der Waals surface area contributed by atoms with Crippen molar-refractivity contribution in [2.75, 3.05) is 0 Å². The molecular formula is C16H14O2. The predicted octanol–water partition coefficient (Wildman–Crippen LogP) is 3.68. The van der Waals surface area contributed by atoms with Gasteiger partial charge in [0, 0.05) is 0 Å². The number of carbonyl (C=O) groups excluding carboxylic acids is 1. The zero-order chi connectivity index (χ0) is 13.0. The normalized spacial score (nSPS) is 10.7. The van der Waals surface area contributed by atoms with Gasteiger partial charge in [-0.3, -0.25) is 4.79 Å². The average Bonchev–Trinajstić information content (AvgIpc) is 2.38. The number of aryl methyl sites for hydroxylation is 1. The molecule has 2 heteroatoms. The molecule has 0 bridgehead atoms. The Hall–Kier alpha value is -2.35. The first-order valence-corrected chi connectivity index (χ1v) is 5.72. The lowest BCUT2D eigenvalue weighted by molar-refractivity contribution is 0.112. The summed E-state index contributed by atoms with van der Waals surface area (Å²) in [5.41, 5.74) is 3.50. The minimum absolute atomic E-state index is 0.0118. The molecular weight excluding hydrogens is 224 g/mol. The second-order valence-electron chi connectivity index (χ2n) is 4.18. The fraction of sp³-hybridized carbons (Fsp3) is 0.0625. The third kappa shape index (κ3) is 2.86. The Labute approximate surface area is 106 Å². The Balaban J connectivity index is 2.26. The highest BCUT2D eigenvalue weighted by Crippen LogP contribution is 2.18. The number of phenols is 1. The van der Waals surface area contributed by atoms with Crippen LogP contribution in [0.15, 0.2) is 42.5 Å². The first-order chi connectivity index (χ1) is 8.69. The van der Waals surface area contributed by atoms with Crippen LogP contribution in [-0.4, -0.2) is 11.4 Å². The largest absolute Gasteiger partial charge is 0.507 e. The molecule has 0 aliphatic carbocycles. The molecule has 0 aliphatic heterocycles. The van der Waals surface area contributed by atoms with Crippen LogP contribution in [0.25, 0.3) is 12.2 Å². The third-order valence-corrected chi connectivity index (χ3v) is 2.69. The number of phenolic OH excluding ortho intramolecular Hbond substituents is 1. The van der Waals surface area contributed by atoms with Crippen molar-refractivity contribution >= 4 is 18.4 Å². The van der Waals surface area contributed by atoms with Crippen LogP contribution in [0.4, 0.5) is 0 Å². The van der Waals surface area contributed by atoms with Crippen molar-refractivity contribution in [3.63, 3.8) is 0 Å². The fourth-order valence-electron chi connectivity index (χ4n) is 1.74. The summed E-state index contributed by atoms with van der Waals surface area (Å²) >= 11 is 0. The Morgan fingerprint density at radius 1 is 1.00 bits per heavy atom. The minimum Gasteiger partial charge on any atom is -0.507 e. The average molecular weight is 238 g/mol. The van der Waals surface area contributed by atoms with Gasteiger partial charge in [0.25, 0.3) is 0 Å². The number of hydrogen-bond acceptors (Lipinski definition) is 2. The summed E-state index contributed by atoms with van der Waals surface area (Å²) < 4.78 is 0. The molecule has 18 heavy (non-hydrogen) atoms. The van der Waals surface area contributed by atoms with Crippen LogP contribution >= 0.6 is 0 Å². The third-order valence-electron chi connectivity index (χ3n) is 2.69. The van der Waals surface area contributed by atoms with Crippen LogP contribution < -0.4 is 0 Å². The molecule has 90 valence electrons. The first kappa shape index (κ1) is 12.1. The van der Waals surface area contributed by atoms with Gasteiger partial charge in [-0.05, 0) is 30.2 Å². The number of aromatic hydroxyl groups is 1. The van der Waals surface area contributed by atoms with Gasteiger partial charge in [-0.15, -0.1) is 0 Å². The molecule has 2 aromatic rings. The van der Waals surface area contributed by atoms with E-state index in [4.69, 9.17) is 0 Å². The van der Waals surface area contributed by atoms with E-state index in [9.17, 15) is 9.90 Å². The Morgan fingerprint density at radius 3 is 2.39 bits per heavy atom. The second-order valence-corrected chi connectivity index (χ2v) is 4.18. The highest BCUT2D eigenvalue weighted by molar-refractivity contribution is 5.81. The molecule has 0 radical (unpaired) electrons. The van der Waals surface area contributed by atoms with Gasteiger partial charge in [-0.25, -0.2) is 0 Å². The molecule has 2 nitrogen and oxygen atoms in total. The number of hydrogen-bond donors (Lipinski definition) is 1. The first-order valence-electron chi connectivity index (χ1n) is 5.72. The molecule has 0 amide bonds. The topological polar surface area (TPSA) is 37.3 Å². The van der Waals surface area contributed by atoms with Gasteiger partial charge < -0.3 is 5.11 Å². The zero-order valence-corrected chi connectivity index (χ0v) is 10.1. The standard InChI is InChI=1S/C16H14O2/c1-12-3-2-4-13(9-12)5-6-14-7-8-16(18)15(10-14)11-17/h2-11,18H,1H3/b6-5+. The zero-order valence-electron chi connectivity index (χ0n) is 10.1. The molecule has 0 aliphatic rings. The molecule has 1 N–H and O–H groups in total. The predicted molar refractivity (Wildman–Crippen MR) is 73.6 cm³/mol. The van der Waals surface area contributed by atoms with E-state index in [1.807, 2.05) is 37.3 Å². The lowest BCUT2D eigenvalue weighted by Crippen LogP contribution is -1.82. The quantitative estimate of drug-likeness (QED) is 0.654. The van der Waals surface area contributed by atoms with Crippen molar-refractivity contribution < 1.29 is 9.90 Å². The minimum atomic E-state index is 0.0118.